The molecular weight excluding hydrogens is 333 g/mol. The number of fused-ring (bicyclic) bond motifs is 1. The van der Waals surface area contributed by atoms with E-state index in [1.165, 1.54) is 6.07 Å². The van der Waals surface area contributed by atoms with Crippen LogP contribution in [0.2, 0.25) is 0 Å². The summed E-state index contributed by atoms with van der Waals surface area (Å²) in [6, 6.07) is 20.3. The topological polar surface area (TPSA) is 55.3 Å². The molecule has 1 atom stereocenters. The predicted molar refractivity (Wildman–Crippen MR) is 99.0 cm³/mol. The number of aliphatic hydroxyl groups excluding tert-OH is 1. The number of para-hydroxylation sites is 1. The average Bonchev–Trinajstić information content (AvgIpc) is 2.67. The van der Waals surface area contributed by atoms with Crippen LogP contribution in [-0.4, -0.2) is 37.5 Å². The van der Waals surface area contributed by atoms with Crippen molar-refractivity contribution in [3.05, 3.63) is 72.5 Å². The van der Waals surface area contributed by atoms with Crippen molar-refractivity contribution in [1.82, 2.24) is 0 Å². The van der Waals surface area contributed by atoms with Crippen LogP contribution in [-0.2, 0) is 0 Å². The van der Waals surface area contributed by atoms with Gasteiger partial charge in [0.05, 0.1) is 0 Å². The Morgan fingerprint density at radius 3 is 2.54 bits per heavy atom. The van der Waals surface area contributed by atoms with Gasteiger partial charge in [-0.3, -0.25) is 0 Å². The number of benzene rings is 3. The third kappa shape index (κ3) is 5.18. The molecule has 136 valence electrons. The van der Waals surface area contributed by atoms with Gasteiger partial charge in [-0.2, -0.15) is 0 Å². The van der Waals surface area contributed by atoms with Crippen molar-refractivity contribution in [3.8, 4) is 11.5 Å². The zero-order valence-corrected chi connectivity index (χ0v) is 14.5. The molecule has 0 aliphatic heterocycles. The molecule has 3 rings (SSSR count). The van der Waals surface area contributed by atoms with E-state index in [9.17, 15) is 9.50 Å². The third-order valence-corrected chi connectivity index (χ3v) is 4.02. The minimum absolute atomic E-state index is 0.225. The van der Waals surface area contributed by atoms with Crippen molar-refractivity contribution in [2.24, 2.45) is 0 Å². The number of hydrogen-bond donors (Lipinski definition) is 2. The Bertz CT molecular complexity index is 840. The maximum atomic E-state index is 13.4. The quantitative estimate of drug-likeness (QED) is 0.579. The van der Waals surface area contributed by atoms with Gasteiger partial charge in [-0.1, -0.05) is 42.5 Å². The van der Waals surface area contributed by atoms with Crippen LogP contribution in [0.25, 0.3) is 10.8 Å². The van der Waals surface area contributed by atoms with Crippen LogP contribution in [0.15, 0.2) is 66.7 Å². The van der Waals surface area contributed by atoms with Gasteiger partial charge in [0.2, 0.25) is 0 Å². The van der Waals surface area contributed by atoms with Crippen molar-refractivity contribution in [3.63, 3.8) is 0 Å². The SMILES string of the molecule is O[C@@H](C[NH2+]CCOc1ccccc1F)COc1ccc2ccccc2c1. The summed E-state index contributed by atoms with van der Waals surface area (Å²) in [5.41, 5.74) is 0. The first-order valence-electron chi connectivity index (χ1n) is 8.71. The Kier molecular flexibility index (Phi) is 6.41. The average molecular weight is 356 g/mol. The molecule has 26 heavy (non-hydrogen) atoms. The fourth-order valence-corrected chi connectivity index (χ4v) is 2.64. The van der Waals surface area contributed by atoms with Gasteiger partial charge in [0.25, 0.3) is 0 Å². The zero-order valence-electron chi connectivity index (χ0n) is 14.5. The molecule has 0 unspecified atom stereocenters. The minimum Gasteiger partial charge on any atom is -0.491 e. The first kappa shape index (κ1) is 18.2. The molecule has 0 amide bonds. The molecule has 0 spiro atoms. The number of nitrogens with two attached hydrogens (primary N) is 1. The summed E-state index contributed by atoms with van der Waals surface area (Å²) in [6.45, 7) is 1.72. The second kappa shape index (κ2) is 9.17. The summed E-state index contributed by atoms with van der Waals surface area (Å²) >= 11 is 0. The first-order valence-corrected chi connectivity index (χ1v) is 8.71. The van der Waals surface area contributed by atoms with E-state index in [-0.39, 0.29) is 18.2 Å². The Balaban J connectivity index is 1.35. The van der Waals surface area contributed by atoms with Crippen molar-refractivity contribution >= 4 is 10.8 Å². The number of halogens is 1. The molecule has 0 saturated carbocycles. The Morgan fingerprint density at radius 1 is 0.923 bits per heavy atom. The van der Waals surface area contributed by atoms with Gasteiger partial charge in [0.1, 0.15) is 38.2 Å². The molecule has 0 aliphatic rings. The highest BCUT2D eigenvalue weighted by Crippen LogP contribution is 2.20. The fraction of sp³-hybridized carbons (Fsp3) is 0.238. The number of ether oxygens (including phenoxy) is 2. The lowest BCUT2D eigenvalue weighted by Gasteiger charge is -2.12. The highest BCUT2D eigenvalue weighted by atomic mass is 19.1. The van der Waals surface area contributed by atoms with E-state index < -0.39 is 6.10 Å². The molecular formula is C21H23FNO3+. The molecule has 0 aliphatic carbocycles. The number of quaternary nitrogens is 1. The molecule has 0 aromatic heterocycles. The van der Waals surface area contributed by atoms with E-state index in [0.717, 1.165) is 16.5 Å². The molecule has 3 aromatic carbocycles. The maximum absolute atomic E-state index is 13.4. The first-order chi connectivity index (χ1) is 12.7. The maximum Gasteiger partial charge on any atom is 0.165 e. The van der Waals surface area contributed by atoms with Crippen LogP contribution in [0.1, 0.15) is 0 Å². The Hall–Kier alpha value is -2.63. The van der Waals surface area contributed by atoms with Crippen LogP contribution >= 0.6 is 0 Å². The van der Waals surface area contributed by atoms with Crippen molar-refractivity contribution in [2.45, 2.75) is 6.10 Å². The van der Waals surface area contributed by atoms with Crippen molar-refractivity contribution < 1.29 is 24.3 Å². The fourth-order valence-electron chi connectivity index (χ4n) is 2.64. The molecule has 5 heteroatoms. The molecule has 3 aromatic rings. The van der Waals surface area contributed by atoms with Gasteiger partial charge < -0.3 is 19.9 Å². The van der Waals surface area contributed by atoms with E-state index in [1.807, 2.05) is 47.8 Å². The minimum atomic E-state index is -0.588. The van der Waals surface area contributed by atoms with Crippen LogP contribution in [0.3, 0.4) is 0 Å². The van der Waals surface area contributed by atoms with Crippen LogP contribution in [0.4, 0.5) is 4.39 Å². The highest BCUT2D eigenvalue weighted by Gasteiger charge is 2.08. The molecule has 0 fully saturated rings. The highest BCUT2D eigenvalue weighted by molar-refractivity contribution is 5.83. The van der Waals surface area contributed by atoms with Crippen molar-refractivity contribution in [1.29, 1.82) is 0 Å². The number of aliphatic hydroxyl groups is 1. The largest absolute Gasteiger partial charge is 0.491 e. The second-order valence-corrected chi connectivity index (χ2v) is 6.07. The van der Waals surface area contributed by atoms with Gasteiger partial charge in [0, 0.05) is 0 Å². The number of hydrogen-bond acceptors (Lipinski definition) is 3. The Morgan fingerprint density at radius 2 is 1.69 bits per heavy atom. The zero-order chi connectivity index (χ0) is 18.2. The second-order valence-electron chi connectivity index (χ2n) is 6.07. The van der Waals surface area contributed by atoms with Gasteiger partial charge >= 0.3 is 0 Å². The smallest absolute Gasteiger partial charge is 0.165 e. The van der Waals surface area contributed by atoms with Gasteiger partial charge in [-0.25, -0.2) is 4.39 Å². The third-order valence-electron chi connectivity index (χ3n) is 4.02. The van der Waals surface area contributed by atoms with E-state index in [4.69, 9.17) is 9.47 Å². The lowest BCUT2D eigenvalue weighted by Crippen LogP contribution is -2.87. The lowest BCUT2D eigenvalue weighted by atomic mass is 10.1. The van der Waals surface area contributed by atoms with Gasteiger partial charge in [0.15, 0.2) is 11.6 Å². The Labute approximate surface area is 152 Å². The molecule has 0 radical (unpaired) electrons. The van der Waals surface area contributed by atoms with E-state index in [2.05, 4.69) is 0 Å². The summed E-state index contributed by atoms with van der Waals surface area (Å²) in [6.07, 6.45) is -0.588. The summed E-state index contributed by atoms with van der Waals surface area (Å²) in [4.78, 5) is 0. The summed E-state index contributed by atoms with van der Waals surface area (Å²) < 4.78 is 24.4. The summed E-state index contributed by atoms with van der Waals surface area (Å²) in [5, 5.41) is 14.2. The van der Waals surface area contributed by atoms with E-state index in [0.29, 0.717) is 19.7 Å². The van der Waals surface area contributed by atoms with Gasteiger partial charge in [-0.15, -0.1) is 0 Å². The summed E-state index contributed by atoms with van der Waals surface area (Å²) in [5.74, 6) is 0.628. The van der Waals surface area contributed by atoms with Crippen LogP contribution < -0.4 is 14.8 Å². The molecule has 4 nitrogen and oxygen atoms in total. The molecule has 0 bridgehead atoms. The molecule has 3 N–H and O–H groups in total. The molecule has 0 saturated heterocycles. The van der Waals surface area contributed by atoms with Crippen LogP contribution in [0.5, 0.6) is 11.5 Å². The molecule has 0 heterocycles. The normalized spacial score (nSPS) is 12.1. The van der Waals surface area contributed by atoms with E-state index >= 15 is 0 Å². The monoisotopic (exact) mass is 356 g/mol. The standard InChI is InChI=1S/C21H22FNO3/c22-20-7-3-4-8-21(20)25-12-11-23-14-18(24)15-26-19-10-9-16-5-1-2-6-17(16)13-19/h1-10,13,18,23-24H,11-12,14-15H2/p+1/t18-/m0/s1. The lowest BCUT2D eigenvalue weighted by molar-refractivity contribution is -0.661. The summed E-state index contributed by atoms with van der Waals surface area (Å²) in [7, 11) is 0. The van der Waals surface area contributed by atoms with Gasteiger partial charge in [-0.05, 0) is 35.0 Å². The predicted octanol–water partition coefficient (Wildman–Crippen LogP) is 2.36. The van der Waals surface area contributed by atoms with E-state index in [1.54, 1.807) is 18.2 Å². The number of rotatable bonds is 9. The van der Waals surface area contributed by atoms with Crippen LogP contribution in [0, 0.1) is 5.82 Å². The van der Waals surface area contributed by atoms with Crippen molar-refractivity contribution in [2.75, 3.05) is 26.3 Å².